The molecule has 1 aromatic heterocycles. The van der Waals surface area contributed by atoms with Crippen LogP contribution >= 0.6 is 31.9 Å². The van der Waals surface area contributed by atoms with Gasteiger partial charge in [0.05, 0.1) is 35.3 Å². The Balaban J connectivity index is 1.98. The number of hydrogen-bond acceptors (Lipinski definition) is 2. The number of fused-ring (bicyclic) bond motifs is 1. The molecule has 0 atom stereocenters. The summed E-state index contributed by atoms with van der Waals surface area (Å²) in [5, 5.41) is 1.05. The molecule has 170 valence electrons. The summed E-state index contributed by atoms with van der Waals surface area (Å²) in [6.07, 6.45) is 0. The van der Waals surface area contributed by atoms with Gasteiger partial charge in [0.1, 0.15) is 11.5 Å². The van der Waals surface area contributed by atoms with E-state index in [1.165, 1.54) is 5.56 Å². The molecule has 0 aliphatic rings. The predicted molar refractivity (Wildman–Crippen MR) is 147 cm³/mol. The number of nitrogens with zero attached hydrogens (tertiary/aromatic N) is 1. The van der Waals surface area contributed by atoms with Crippen molar-refractivity contribution >= 4 is 42.8 Å². The van der Waals surface area contributed by atoms with E-state index in [-0.39, 0.29) is 0 Å². The van der Waals surface area contributed by atoms with Crippen LogP contribution in [0, 0.1) is 0 Å². The number of ether oxygens (including phenoxy) is 2. The van der Waals surface area contributed by atoms with E-state index in [0.29, 0.717) is 6.54 Å². The van der Waals surface area contributed by atoms with Crippen LogP contribution in [0.4, 0.5) is 0 Å². The van der Waals surface area contributed by atoms with Gasteiger partial charge in [-0.15, -0.1) is 0 Å². The average molecular weight is 577 g/mol. The highest BCUT2D eigenvalue weighted by Crippen LogP contribution is 2.50. The summed E-state index contributed by atoms with van der Waals surface area (Å²) in [6, 6.07) is 31.3. The summed E-state index contributed by atoms with van der Waals surface area (Å²) < 4.78 is 16.0. The van der Waals surface area contributed by atoms with Crippen molar-refractivity contribution in [2.75, 3.05) is 14.2 Å². The summed E-state index contributed by atoms with van der Waals surface area (Å²) in [4.78, 5) is 0. The number of rotatable bonds is 6. The summed E-state index contributed by atoms with van der Waals surface area (Å²) >= 11 is 7.62. The fourth-order valence-electron chi connectivity index (χ4n) is 4.50. The lowest BCUT2D eigenvalue weighted by molar-refractivity contribution is 0.396. The molecule has 0 spiro atoms. The average Bonchev–Trinajstić information content (AvgIpc) is 3.22. The minimum Gasteiger partial charge on any atom is -0.496 e. The van der Waals surface area contributed by atoms with Crippen molar-refractivity contribution in [3.05, 3.63) is 106 Å². The Kier molecular flexibility index (Phi) is 6.48. The number of benzene rings is 4. The van der Waals surface area contributed by atoms with Crippen molar-refractivity contribution in [3.63, 3.8) is 0 Å². The molecule has 0 unspecified atom stereocenters. The zero-order valence-corrected chi connectivity index (χ0v) is 22.1. The van der Waals surface area contributed by atoms with Gasteiger partial charge >= 0.3 is 0 Å². The Morgan fingerprint density at radius 2 is 1.29 bits per heavy atom. The molecule has 0 aliphatic heterocycles. The first-order chi connectivity index (χ1) is 16.6. The summed E-state index contributed by atoms with van der Waals surface area (Å²) in [5.41, 5.74) is 6.75. The van der Waals surface area contributed by atoms with Crippen LogP contribution in [-0.2, 0) is 6.54 Å². The van der Waals surface area contributed by atoms with Gasteiger partial charge in [-0.05, 0) is 38.7 Å². The monoisotopic (exact) mass is 575 g/mol. The molecule has 0 saturated heterocycles. The normalized spacial score (nSPS) is 11.1. The molecule has 0 N–H and O–H groups in total. The lowest BCUT2D eigenvalue weighted by Crippen LogP contribution is -2.04. The van der Waals surface area contributed by atoms with Gasteiger partial charge in [0, 0.05) is 22.6 Å². The quantitative estimate of drug-likeness (QED) is 0.202. The van der Waals surface area contributed by atoms with E-state index in [0.717, 1.165) is 53.7 Å². The first kappa shape index (κ1) is 22.8. The summed E-state index contributed by atoms with van der Waals surface area (Å²) in [5.74, 6) is 1.51. The molecule has 0 saturated carbocycles. The van der Waals surface area contributed by atoms with E-state index in [1.54, 1.807) is 14.2 Å². The standard InChI is InChI=1S/C29H23Br2NO2/c1-33-23-17-24(34-2)27(31)29-26(23)25(19-11-5-3-6-12-19)28(20-13-7-4-8-14-20)32(29)18-21-15-9-10-16-22(21)30/h3-17H,18H2,1-2H3. The minimum absolute atomic E-state index is 0.671. The molecule has 1 heterocycles. The Labute approximate surface area is 216 Å². The molecule has 0 fully saturated rings. The van der Waals surface area contributed by atoms with E-state index in [9.17, 15) is 0 Å². The van der Waals surface area contributed by atoms with Crippen LogP contribution in [0.1, 0.15) is 5.56 Å². The van der Waals surface area contributed by atoms with Crippen LogP contribution in [0.5, 0.6) is 11.5 Å². The third-order valence-corrected chi connectivity index (χ3v) is 7.57. The SMILES string of the molecule is COc1cc(OC)c2c(-c3ccccc3)c(-c3ccccc3)n(Cc3ccccc3Br)c2c1Br. The van der Waals surface area contributed by atoms with E-state index in [2.05, 4.69) is 103 Å². The predicted octanol–water partition coefficient (Wildman–Crippen LogP) is 8.57. The Bertz CT molecular complexity index is 1460. The van der Waals surface area contributed by atoms with E-state index >= 15 is 0 Å². The first-order valence-corrected chi connectivity index (χ1v) is 12.5. The third-order valence-electron chi connectivity index (χ3n) is 6.03. The highest BCUT2D eigenvalue weighted by molar-refractivity contribution is 9.11. The zero-order valence-electron chi connectivity index (χ0n) is 18.9. The molecule has 5 rings (SSSR count). The van der Waals surface area contributed by atoms with Crippen LogP contribution < -0.4 is 9.47 Å². The largest absolute Gasteiger partial charge is 0.496 e. The van der Waals surface area contributed by atoms with Crippen LogP contribution in [0.25, 0.3) is 33.3 Å². The van der Waals surface area contributed by atoms with Gasteiger partial charge in [0.2, 0.25) is 0 Å². The third kappa shape index (κ3) is 3.93. The molecular weight excluding hydrogens is 554 g/mol. The van der Waals surface area contributed by atoms with Crippen molar-refractivity contribution < 1.29 is 9.47 Å². The minimum atomic E-state index is 0.671. The number of halogens is 2. The maximum Gasteiger partial charge on any atom is 0.138 e. The smallest absolute Gasteiger partial charge is 0.138 e. The first-order valence-electron chi connectivity index (χ1n) is 10.9. The van der Waals surface area contributed by atoms with Crippen molar-refractivity contribution in [2.24, 2.45) is 0 Å². The highest BCUT2D eigenvalue weighted by atomic mass is 79.9. The van der Waals surface area contributed by atoms with Crippen molar-refractivity contribution in [3.8, 4) is 33.9 Å². The van der Waals surface area contributed by atoms with Crippen LogP contribution in [0.3, 0.4) is 0 Å². The second-order valence-electron chi connectivity index (χ2n) is 7.95. The lowest BCUT2D eigenvalue weighted by Gasteiger charge is -2.15. The van der Waals surface area contributed by atoms with Gasteiger partial charge in [-0.25, -0.2) is 0 Å². The fourth-order valence-corrected chi connectivity index (χ4v) is 5.60. The van der Waals surface area contributed by atoms with Crippen LogP contribution in [0.15, 0.2) is 99.9 Å². The molecule has 34 heavy (non-hydrogen) atoms. The molecule has 0 amide bonds. The van der Waals surface area contributed by atoms with Gasteiger partial charge < -0.3 is 14.0 Å². The van der Waals surface area contributed by atoms with Gasteiger partial charge in [0.15, 0.2) is 0 Å². The van der Waals surface area contributed by atoms with Gasteiger partial charge in [-0.2, -0.15) is 0 Å². The molecule has 0 bridgehead atoms. The summed E-state index contributed by atoms with van der Waals surface area (Å²) in [6.45, 7) is 0.671. The Morgan fingerprint density at radius 1 is 0.706 bits per heavy atom. The van der Waals surface area contributed by atoms with E-state index in [4.69, 9.17) is 9.47 Å². The molecule has 0 radical (unpaired) electrons. The number of methoxy groups -OCH3 is 2. The highest BCUT2D eigenvalue weighted by Gasteiger charge is 2.27. The van der Waals surface area contributed by atoms with Gasteiger partial charge in [-0.1, -0.05) is 94.8 Å². The number of aromatic nitrogens is 1. The number of hydrogen-bond donors (Lipinski definition) is 0. The lowest BCUT2D eigenvalue weighted by atomic mass is 9.98. The van der Waals surface area contributed by atoms with E-state index < -0.39 is 0 Å². The molecule has 3 nitrogen and oxygen atoms in total. The van der Waals surface area contributed by atoms with Crippen molar-refractivity contribution in [1.29, 1.82) is 0 Å². The second kappa shape index (κ2) is 9.69. The van der Waals surface area contributed by atoms with Gasteiger partial charge in [-0.3, -0.25) is 0 Å². The molecule has 4 aromatic carbocycles. The topological polar surface area (TPSA) is 23.4 Å². The molecule has 0 aliphatic carbocycles. The Morgan fingerprint density at radius 3 is 1.91 bits per heavy atom. The molecule has 5 heteroatoms. The van der Waals surface area contributed by atoms with E-state index in [1.807, 2.05) is 24.3 Å². The van der Waals surface area contributed by atoms with Crippen LogP contribution in [-0.4, -0.2) is 18.8 Å². The van der Waals surface area contributed by atoms with Crippen molar-refractivity contribution in [1.82, 2.24) is 4.57 Å². The zero-order chi connectivity index (χ0) is 23.7. The Hall–Kier alpha value is -3.02. The second-order valence-corrected chi connectivity index (χ2v) is 9.60. The maximum absolute atomic E-state index is 5.94. The van der Waals surface area contributed by atoms with Crippen LogP contribution in [0.2, 0.25) is 0 Å². The maximum atomic E-state index is 5.94. The molecular formula is C29H23Br2NO2. The molecule has 5 aromatic rings. The van der Waals surface area contributed by atoms with Gasteiger partial charge in [0.25, 0.3) is 0 Å². The fraction of sp³-hybridized carbons (Fsp3) is 0.103. The van der Waals surface area contributed by atoms with Crippen molar-refractivity contribution in [2.45, 2.75) is 6.54 Å². The summed E-state index contributed by atoms with van der Waals surface area (Å²) in [7, 11) is 3.40.